The number of fused-ring (bicyclic) bond motifs is 1. The van der Waals surface area contributed by atoms with Crippen LogP contribution in [0.5, 0.6) is 11.6 Å². The number of aromatic nitrogens is 3. The molecule has 0 bridgehead atoms. The van der Waals surface area contributed by atoms with E-state index in [0.29, 0.717) is 15.9 Å². The van der Waals surface area contributed by atoms with Crippen molar-refractivity contribution < 1.29 is 22.3 Å². The summed E-state index contributed by atoms with van der Waals surface area (Å²) in [4.78, 5) is 8.23. The molecule has 0 saturated carbocycles. The lowest BCUT2D eigenvalue weighted by atomic mass is 10.2. The maximum atomic E-state index is 12.3. The van der Waals surface area contributed by atoms with Crippen LogP contribution in [0.3, 0.4) is 0 Å². The smallest absolute Gasteiger partial charge is 0.261 e. The number of halogens is 2. The molecular weight excluding hydrogens is 387 g/mol. The highest BCUT2D eigenvalue weighted by Crippen LogP contribution is 2.30. The van der Waals surface area contributed by atoms with Crippen molar-refractivity contribution in [3.8, 4) is 17.6 Å². The van der Waals surface area contributed by atoms with Crippen LogP contribution in [-0.2, 0) is 10.0 Å². The van der Waals surface area contributed by atoms with Gasteiger partial charge in [0.05, 0.1) is 18.8 Å². The monoisotopic (exact) mass is 400 g/mol. The number of benzene rings is 1. The highest BCUT2D eigenvalue weighted by atomic mass is 35.5. The van der Waals surface area contributed by atoms with Crippen LogP contribution in [0.4, 0.5) is 4.39 Å². The highest BCUT2D eigenvalue weighted by Gasteiger charge is 2.20. The Hall–Kier alpha value is -2.43. The first-order chi connectivity index (χ1) is 12.3. The van der Waals surface area contributed by atoms with Gasteiger partial charge in [0.25, 0.3) is 5.88 Å². The minimum Gasteiger partial charge on any atom is -0.484 e. The lowest BCUT2D eigenvalue weighted by Crippen LogP contribution is -2.11. The van der Waals surface area contributed by atoms with Crippen molar-refractivity contribution >= 4 is 32.5 Å². The quantitative estimate of drug-likeness (QED) is 0.678. The molecule has 0 fully saturated rings. The Morgan fingerprint density at radius 3 is 2.81 bits per heavy atom. The van der Waals surface area contributed by atoms with Crippen molar-refractivity contribution in [3.05, 3.63) is 35.6 Å². The molecule has 11 heteroatoms. The number of alkyl halides is 1. The van der Waals surface area contributed by atoms with Crippen LogP contribution in [-0.4, -0.2) is 43.3 Å². The third-order valence-electron chi connectivity index (χ3n) is 3.49. The van der Waals surface area contributed by atoms with Gasteiger partial charge in [-0.25, -0.2) is 22.9 Å². The molecule has 0 amide bonds. The van der Waals surface area contributed by atoms with E-state index < -0.39 is 16.7 Å². The summed E-state index contributed by atoms with van der Waals surface area (Å²) in [5.41, 5.74) is 0.445. The Bertz CT molecular complexity index is 1070. The number of methoxy groups -OCH3 is 1. The number of rotatable bonds is 6. The van der Waals surface area contributed by atoms with Gasteiger partial charge in [-0.15, -0.1) is 0 Å². The molecule has 3 rings (SSSR count). The molecular formula is C15H14ClFN4O4S. The van der Waals surface area contributed by atoms with E-state index in [4.69, 9.17) is 26.2 Å². The average molecular weight is 401 g/mol. The van der Waals surface area contributed by atoms with E-state index in [1.807, 2.05) is 0 Å². The zero-order valence-electron chi connectivity index (χ0n) is 13.5. The average Bonchev–Trinajstić information content (AvgIpc) is 2.98. The summed E-state index contributed by atoms with van der Waals surface area (Å²) in [6.07, 6.45) is 2.61. The second-order valence-electron chi connectivity index (χ2n) is 5.15. The fourth-order valence-electron chi connectivity index (χ4n) is 2.42. The minimum absolute atomic E-state index is 0.0736. The number of ether oxygens (including phenoxy) is 2. The maximum absolute atomic E-state index is 12.3. The highest BCUT2D eigenvalue weighted by molar-refractivity contribution is 7.89. The third kappa shape index (κ3) is 3.43. The largest absolute Gasteiger partial charge is 0.484 e. The van der Waals surface area contributed by atoms with Crippen molar-refractivity contribution in [3.63, 3.8) is 0 Å². The summed E-state index contributed by atoms with van der Waals surface area (Å²) in [6, 6.07) is 4.66. The van der Waals surface area contributed by atoms with Gasteiger partial charge < -0.3 is 9.47 Å². The van der Waals surface area contributed by atoms with Crippen molar-refractivity contribution in [1.82, 2.24) is 14.5 Å². The van der Waals surface area contributed by atoms with Crippen LogP contribution in [0.2, 0.25) is 5.02 Å². The van der Waals surface area contributed by atoms with Gasteiger partial charge >= 0.3 is 0 Å². The van der Waals surface area contributed by atoms with Crippen LogP contribution in [0, 0.1) is 0 Å². The molecule has 0 aliphatic carbocycles. The predicted molar refractivity (Wildman–Crippen MR) is 93.3 cm³/mol. The van der Waals surface area contributed by atoms with Crippen molar-refractivity contribution in [2.45, 2.75) is 4.90 Å². The van der Waals surface area contributed by atoms with Crippen LogP contribution in [0.25, 0.3) is 16.9 Å². The molecule has 0 saturated heterocycles. The summed E-state index contributed by atoms with van der Waals surface area (Å²) in [6.45, 7) is -0.847. The number of sulfonamides is 1. The summed E-state index contributed by atoms with van der Waals surface area (Å²) >= 11 is 6.03. The fourth-order valence-corrected chi connectivity index (χ4v) is 3.32. The number of nitrogens with two attached hydrogens (primary N) is 1. The van der Waals surface area contributed by atoms with E-state index in [1.54, 1.807) is 18.2 Å². The minimum atomic E-state index is -3.98. The Kier molecular flexibility index (Phi) is 4.99. The van der Waals surface area contributed by atoms with E-state index in [0.717, 1.165) is 0 Å². The molecule has 8 nitrogen and oxygen atoms in total. The van der Waals surface area contributed by atoms with Crippen LogP contribution >= 0.6 is 11.6 Å². The Labute approximate surface area is 153 Å². The Morgan fingerprint density at radius 1 is 1.38 bits per heavy atom. The normalized spacial score (nSPS) is 11.7. The van der Waals surface area contributed by atoms with Gasteiger partial charge in [-0.1, -0.05) is 11.6 Å². The Morgan fingerprint density at radius 2 is 2.15 bits per heavy atom. The molecule has 0 aliphatic heterocycles. The molecule has 138 valence electrons. The van der Waals surface area contributed by atoms with Gasteiger partial charge in [-0.3, -0.25) is 4.57 Å². The van der Waals surface area contributed by atoms with Crippen molar-refractivity contribution in [2.75, 3.05) is 20.4 Å². The molecule has 0 unspecified atom stereocenters. The molecule has 0 aliphatic rings. The second-order valence-corrected chi connectivity index (χ2v) is 7.12. The third-order valence-corrected chi connectivity index (χ3v) is 4.66. The summed E-state index contributed by atoms with van der Waals surface area (Å²) in [5, 5.41) is 6.06. The van der Waals surface area contributed by atoms with Crippen molar-refractivity contribution in [2.24, 2.45) is 5.14 Å². The zero-order chi connectivity index (χ0) is 18.9. The first kappa shape index (κ1) is 18.4. The summed E-state index contributed by atoms with van der Waals surface area (Å²) in [5.74, 6) is 0.344. The lowest BCUT2D eigenvalue weighted by Gasteiger charge is -2.10. The number of nitrogens with zero attached hydrogens (tertiary/aromatic N) is 3. The van der Waals surface area contributed by atoms with Gasteiger partial charge in [0.2, 0.25) is 16.0 Å². The van der Waals surface area contributed by atoms with E-state index in [1.165, 1.54) is 24.1 Å². The standard InChI is InChI=1S/C15H14ClFN4O4S/c1-24-14-12(25-5-4-17)7-19-15(20-14)21-8-13(26(18,22)23)10-3-2-9(16)6-11(10)21/h2-3,6-8H,4-5H2,1H3,(H2,18,22,23). The van der Waals surface area contributed by atoms with Crippen LogP contribution in [0.1, 0.15) is 0 Å². The first-order valence-corrected chi connectivity index (χ1v) is 9.21. The van der Waals surface area contributed by atoms with Gasteiger partial charge in [-0.05, 0) is 18.2 Å². The predicted octanol–water partition coefficient (Wildman–Crippen LogP) is 2.08. The topological polar surface area (TPSA) is 109 Å². The molecule has 0 atom stereocenters. The van der Waals surface area contributed by atoms with Gasteiger partial charge in [-0.2, -0.15) is 4.98 Å². The summed E-state index contributed by atoms with van der Waals surface area (Å²) < 4.78 is 47.8. The Balaban J connectivity index is 2.20. The van der Waals surface area contributed by atoms with Gasteiger partial charge in [0, 0.05) is 16.6 Å². The fraction of sp³-hybridized carbons (Fsp3) is 0.200. The van der Waals surface area contributed by atoms with Gasteiger partial charge in [0.1, 0.15) is 18.2 Å². The molecule has 26 heavy (non-hydrogen) atoms. The summed E-state index contributed by atoms with van der Waals surface area (Å²) in [7, 11) is -2.61. The van der Waals surface area contributed by atoms with Gasteiger partial charge in [0.15, 0.2) is 5.75 Å². The SMILES string of the molecule is COc1nc(-n2cc(S(N)(=O)=O)c3ccc(Cl)cc32)ncc1OCCF. The second kappa shape index (κ2) is 7.06. The number of primary sulfonamides is 1. The van der Waals surface area contributed by atoms with E-state index in [2.05, 4.69) is 9.97 Å². The number of hydrogen-bond donors (Lipinski definition) is 1. The first-order valence-electron chi connectivity index (χ1n) is 7.28. The van der Waals surface area contributed by atoms with Crippen LogP contribution < -0.4 is 14.6 Å². The van der Waals surface area contributed by atoms with Crippen molar-refractivity contribution in [1.29, 1.82) is 0 Å². The lowest BCUT2D eigenvalue weighted by molar-refractivity contribution is 0.255. The molecule has 2 heterocycles. The maximum Gasteiger partial charge on any atom is 0.261 e. The molecule has 1 aromatic carbocycles. The van der Waals surface area contributed by atoms with E-state index >= 15 is 0 Å². The molecule has 0 radical (unpaired) electrons. The van der Waals surface area contributed by atoms with E-state index in [9.17, 15) is 12.8 Å². The van der Waals surface area contributed by atoms with E-state index in [-0.39, 0.29) is 29.1 Å². The van der Waals surface area contributed by atoms with Crippen LogP contribution in [0.15, 0.2) is 35.5 Å². The molecule has 2 N–H and O–H groups in total. The molecule has 3 aromatic rings. The number of hydrogen-bond acceptors (Lipinski definition) is 6. The molecule has 2 aromatic heterocycles. The zero-order valence-corrected chi connectivity index (χ0v) is 15.1. The molecule has 0 spiro atoms.